The van der Waals surface area contributed by atoms with Crippen molar-refractivity contribution < 1.29 is 0 Å². The van der Waals surface area contributed by atoms with Gasteiger partial charge in [-0.2, -0.15) is 0 Å². The maximum atomic E-state index is 7.46. The van der Waals surface area contributed by atoms with E-state index in [4.69, 9.17) is 16.6 Å². The van der Waals surface area contributed by atoms with Gasteiger partial charge in [0.05, 0.1) is 0 Å². The molecular weight excluding hydrogens is 354 g/mol. The molecule has 0 unspecified atom stereocenters. The number of hydrazine groups is 1. The van der Waals surface area contributed by atoms with Crippen LogP contribution >= 0.6 is 35.0 Å². The maximum absolute atomic E-state index is 7.46. The van der Waals surface area contributed by atoms with Crippen molar-refractivity contribution in [3.05, 3.63) is 33.4 Å². The summed E-state index contributed by atoms with van der Waals surface area (Å²) < 4.78 is 1.14. The molecule has 0 radical (unpaired) electrons. The van der Waals surface area contributed by atoms with Gasteiger partial charge in [0.1, 0.15) is 0 Å². The molecule has 0 aliphatic rings. The number of guanidine groups is 2. The quantitative estimate of drug-likeness (QED) is 0.200. The lowest BCUT2D eigenvalue weighted by atomic mass is 10.2. The molecular formula is C9H14ClIN6. The minimum atomic E-state index is -0.235. The second kappa shape index (κ2) is 7.96. The summed E-state index contributed by atoms with van der Waals surface area (Å²) in [4.78, 5) is 0. The highest BCUT2D eigenvalue weighted by atomic mass is 127. The molecule has 0 saturated heterocycles. The molecule has 1 aromatic carbocycles. The van der Waals surface area contributed by atoms with Gasteiger partial charge in [-0.25, -0.2) is 0 Å². The van der Waals surface area contributed by atoms with Crippen LogP contribution in [0.1, 0.15) is 5.56 Å². The smallest absolute Gasteiger partial charge is 0.207 e. The topological polar surface area (TPSA) is 110 Å². The summed E-state index contributed by atoms with van der Waals surface area (Å²) >= 11 is 2.24. The second-order valence-electron chi connectivity index (χ2n) is 2.98. The first-order valence-corrected chi connectivity index (χ1v) is 5.59. The molecule has 0 bridgehead atoms. The van der Waals surface area contributed by atoms with Crippen molar-refractivity contribution in [2.75, 3.05) is 0 Å². The second-order valence-corrected chi connectivity index (χ2v) is 4.15. The van der Waals surface area contributed by atoms with Crippen LogP contribution in [0.4, 0.5) is 0 Å². The molecule has 17 heavy (non-hydrogen) atoms. The highest BCUT2D eigenvalue weighted by Gasteiger charge is 1.99. The molecule has 6 nitrogen and oxygen atoms in total. The van der Waals surface area contributed by atoms with Crippen molar-refractivity contribution in [2.24, 2.45) is 5.73 Å². The third-order valence-corrected chi connectivity index (χ3v) is 2.79. The standard InChI is InChI=1S/C9H13IN6.ClH/c10-7-4-2-1-3-6(7)5-14-9(13)16-15-8(11)12;/h1-4H,5H2,(H4,11,12,15)(H3,13,14,16);1H. The fourth-order valence-electron chi connectivity index (χ4n) is 0.999. The Labute approximate surface area is 119 Å². The van der Waals surface area contributed by atoms with Gasteiger partial charge in [-0.1, -0.05) is 18.2 Å². The Balaban J connectivity index is 0.00000256. The average Bonchev–Trinajstić information content (AvgIpc) is 2.25. The van der Waals surface area contributed by atoms with Gasteiger partial charge in [0.15, 0.2) is 0 Å². The van der Waals surface area contributed by atoms with Gasteiger partial charge < -0.3 is 11.1 Å². The Kier molecular flexibility index (Phi) is 7.39. The molecule has 0 fully saturated rings. The van der Waals surface area contributed by atoms with Gasteiger partial charge in [-0.15, -0.1) is 12.4 Å². The summed E-state index contributed by atoms with van der Waals surface area (Å²) in [5.41, 5.74) is 10.9. The van der Waals surface area contributed by atoms with Crippen molar-refractivity contribution in [3.63, 3.8) is 0 Å². The molecule has 8 heteroatoms. The van der Waals surface area contributed by atoms with Crippen LogP contribution in [0, 0.1) is 14.4 Å². The van der Waals surface area contributed by atoms with Crippen molar-refractivity contribution >= 4 is 46.9 Å². The fourth-order valence-corrected chi connectivity index (χ4v) is 1.58. The monoisotopic (exact) mass is 368 g/mol. The number of rotatable bonds is 2. The first kappa shape index (κ1) is 15.8. The van der Waals surface area contributed by atoms with Crippen molar-refractivity contribution in [2.45, 2.75) is 6.54 Å². The molecule has 1 aromatic rings. The molecule has 7 N–H and O–H groups in total. The number of nitrogens with two attached hydrogens (primary N) is 1. The SMILES string of the molecule is Cl.N=C(N)NNC(=N)NCc1ccccc1I. The van der Waals surface area contributed by atoms with Gasteiger partial charge >= 0.3 is 0 Å². The molecule has 0 aromatic heterocycles. The van der Waals surface area contributed by atoms with Crippen LogP contribution in [0.2, 0.25) is 0 Å². The van der Waals surface area contributed by atoms with Crippen LogP contribution in [0.15, 0.2) is 24.3 Å². The number of hydrogen-bond donors (Lipinski definition) is 6. The zero-order chi connectivity index (χ0) is 12.0. The highest BCUT2D eigenvalue weighted by molar-refractivity contribution is 14.1. The van der Waals surface area contributed by atoms with E-state index >= 15 is 0 Å². The number of nitrogens with one attached hydrogen (secondary N) is 5. The van der Waals surface area contributed by atoms with Gasteiger partial charge in [0.25, 0.3) is 0 Å². The van der Waals surface area contributed by atoms with Crippen molar-refractivity contribution in [1.29, 1.82) is 10.8 Å². The first-order chi connectivity index (χ1) is 7.59. The summed E-state index contributed by atoms with van der Waals surface area (Å²) in [5, 5.41) is 17.2. The minimum absolute atomic E-state index is 0. The number of halogens is 2. The van der Waals surface area contributed by atoms with Crippen molar-refractivity contribution in [1.82, 2.24) is 16.2 Å². The summed E-state index contributed by atoms with van der Waals surface area (Å²) in [6, 6.07) is 7.90. The average molecular weight is 369 g/mol. The van der Waals surface area contributed by atoms with Gasteiger partial charge in [0.2, 0.25) is 11.9 Å². The third-order valence-electron chi connectivity index (χ3n) is 1.74. The van der Waals surface area contributed by atoms with Crippen LogP contribution in [0.25, 0.3) is 0 Å². The van der Waals surface area contributed by atoms with Crippen LogP contribution in [-0.2, 0) is 6.54 Å². The van der Waals surface area contributed by atoms with Gasteiger partial charge in [-0.3, -0.25) is 21.7 Å². The van der Waals surface area contributed by atoms with E-state index in [9.17, 15) is 0 Å². The third kappa shape index (κ3) is 6.17. The van der Waals surface area contributed by atoms with E-state index in [0.29, 0.717) is 6.54 Å². The van der Waals surface area contributed by atoms with Gasteiger partial charge in [0, 0.05) is 10.1 Å². The Morgan fingerprint density at radius 3 is 2.47 bits per heavy atom. The van der Waals surface area contributed by atoms with Crippen molar-refractivity contribution in [3.8, 4) is 0 Å². The summed E-state index contributed by atoms with van der Waals surface area (Å²) in [7, 11) is 0. The molecule has 0 heterocycles. The minimum Gasteiger partial charge on any atom is -0.369 e. The first-order valence-electron chi connectivity index (χ1n) is 4.51. The normalized spacial score (nSPS) is 8.76. The molecule has 0 aliphatic carbocycles. The van der Waals surface area contributed by atoms with E-state index in [1.54, 1.807) is 0 Å². The van der Waals surface area contributed by atoms with Gasteiger partial charge in [-0.05, 0) is 34.2 Å². The Morgan fingerprint density at radius 1 is 1.24 bits per heavy atom. The van der Waals surface area contributed by atoms with E-state index < -0.39 is 0 Å². The summed E-state index contributed by atoms with van der Waals surface area (Å²) in [5.74, 6) is -0.171. The number of benzene rings is 1. The summed E-state index contributed by atoms with van der Waals surface area (Å²) in [6.07, 6.45) is 0. The van der Waals surface area contributed by atoms with Crippen LogP contribution in [0.5, 0.6) is 0 Å². The largest absolute Gasteiger partial charge is 0.369 e. The molecule has 0 atom stereocenters. The fraction of sp³-hybridized carbons (Fsp3) is 0.111. The zero-order valence-electron chi connectivity index (χ0n) is 8.88. The maximum Gasteiger partial charge on any atom is 0.207 e. The van der Waals surface area contributed by atoms with Crippen LogP contribution in [0.3, 0.4) is 0 Å². The lowest BCUT2D eigenvalue weighted by Crippen LogP contribution is -2.49. The Morgan fingerprint density at radius 2 is 1.88 bits per heavy atom. The Hall–Kier alpha value is -1.22. The van der Waals surface area contributed by atoms with Crippen LogP contribution in [-0.4, -0.2) is 11.9 Å². The molecule has 0 amide bonds. The van der Waals surface area contributed by atoms with E-state index in [1.807, 2.05) is 24.3 Å². The molecule has 0 aliphatic heterocycles. The Bertz CT molecular complexity index is 397. The zero-order valence-corrected chi connectivity index (χ0v) is 11.9. The predicted molar refractivity (Wildman–Crippen MR) is 79.2 cm³/mol. The lowest BCUT2D eigenvalue weighted by molar-refractivity contribution is 0.767. The van der Waals surface area contributed by atoms with E-state index in [2.05, 4.69) is 38.8 Å². The lowest BCUT2D eigenvalue weighted by Gasteiger charge is -2.11. The molecule has 94 valence electrons. The van der Waals surface area contributed by atoms with E-state index in [-0.39, 0.29) is 24.3 Å². The molecule has 0 spiro atoms. The van der Waals surface area contributed by atoms with Crippen LogP contribution < -0.4 is 21.9 Å². The summed E-state index contributed by atoms with van der Waals surface area (Å²) in [6.45, 7) is 0.546. The predicted octanol–water partition coefficient (Wildman–Crippen LogP) is 0.725. The molecule has 1 rings (SSSR count). The van der Waals surface area contributed by atoms with E-state index in [1.165, 1.54) is 0 Å². The number of hydrogen-bond acceptors (Lipinski definition) is 2. The molecule has 0 saturated carbocycles. The highest BCUT2D eigenvalue weighted by Crippen LogP contribution is 2.10. The van der Waals surface area contributed by atoms with E-state index in [0.717, 1.165) is 9.13 Å².